The Balaban J connectivity index is 2.99. The molecule has 47 valence electrons. The van der Waals surface area contributed by atoms with Crippen molar-refractivity contribution in [2.24, 2.45) is 0 Å². The van der Waals surface area contributed by atoms with Crippen LogP contribution in [0.4, 0.5) is 0 Å². The van der Waals surface area contributed by atoms with Crippen LogP contribution in [0.1, 0.15) is 26.2 Å². The second-order valence-electron chi connectivity index (χ2n) is 1.62. The van der Waals surface area contributed by atoms with E-state index in [-0.39, 0.29) is 5.97 Å². The van der Waals surface area contributed by atoms with Gasteiger partial charge in [0.25, 0.3) is 5.97 Å². The average Bonchev–Trinajstić information content (AvgIpc) is 1.83. The summed E-state index contributed by atoms with van der Waals surface area (Å²) in [7, 11) is 1.24. The van der Waals surface area contributed by atoms with E-state index in [0.29, 0.717) is 6.42 Å². The number of hydrogen-bond donors (Lipinski definition) is 0. The molecule has 0 fully saturated rings. The first kappa shape index (κ1) is 7.69. The molecular formula is C5H11O2Si. The van der Waals surface area contributed by atoms with Crippen molar-refractivity contribution in [3.8, 4) is 0 Å². The van der Waals surface area contributed by atoms with Crippen molar-refractivity contribution in [2.45, 2.75) is 26.2 Å². The molecule has 3 heteroatoms. The molecule has 0 bridgehead atoms. The third-order valence-corrected chi connectivity index (χ3v) is 1.22. The summed E-state index contributed by atoms with van der Waals surface area (Å²) < 4.78 is 4.44. The largest absolute Gasteiger partial charge is 0.525 e. The molecule has 0 aromatic heterocycles. The smallest absolute Gasteiger partial charge is 0.291 e. The van der Waals surface area contributed by atoms with Gasteiger partial charge in [0.1, 0.15) is 0 Å². The van der Waals surface area contributed by atoms with Gasteiger partial charge in [-0.25, -0.2) is 0 Å². The third-order valence-electron chi connectivity index (χ3n) is 0.895. The van der Waals surface area contributed by atoms with Crippen LogP contribution in [0.2, 0.25) is 0 Å². The molecule has 0 aromatic carbocycles. The van der Waals surface area contributed by atoms with E-state index in [0.717, 1.165) is 12.8 Å². The van der Waals surface area contributed by atoms with Crippen molar-refractivity contribution in [3.05, 3.63) is 0 Å². The van der Waals surface area contributed by atoms with E-state index in [1.54, 1.807) is 0 Å². The SMILES string of the molecule is CCCCC(=O)O[SiH2]. The number of carbonyl (C=O) groups is 1. The van der Waals surface area contributed by atoms with Gasteiger partial charge in [0.05, 0.1) is 0 Å². The van der Waals surface area contributed by atoms with Gasteiger partial charge in [0, 0.05) is 6.42 Å². The zero-order valence-corrected chi connectivity index (χ0v) is 6.56. The third kappa shape index (κ3) is 3.86. The Morgan fingerprint density at radius 2 is 2.38 bits per heavy atom. The summed E-state index contributed by atoms with van der Waals surface area (Å²) in [5, 5.41) is 0. The molecule has 0 aliphatic heterocycles. The Bertz CT molecular complexity index is 72.8. The van der Waals surface area contributed by atoms with Crippen molar-refractivity contribution in [3.63, 3.8) is 0 Å². The van der Waals surface area contributed by atoms with Crippen LogP contribution in [0.25, 0.3) is 0 Å². The lowest BCUT2D eigenvalue weighted by Crippen LogP contribution is -1.99. The van der Waals surface area contributed by atoms with Crippen molar-refractivity contribution >= 4 is 16.5 Å². The van der Waals surface area contributed by atoms with Crippen LogP contribution in [-0.4, -0.2) is 16.5 Å². The minimum Gasteiger partial charge on any atom is -0.525 e. The molecule has 2 nitrogen and oxygen atoms in total. The topological polar surface area (TPSA) is 26.3 Å². The molecule has 0 heterocycles. The van der Waals surface area contributed by atoms with E-state index in [1.807, 2.05) is 6.92 Å². The van der Waals surface area contributed by atoms with Gasteiger partial charge in [-0.2, -0.15) is 0 Å². The monoisotopic (exact) mass is 131 g/mol. The number of hydrogen-bond acceptors (Lipinski definition) is 2. The summed E-state index contributed by atoms with van der Waals surface area (Å²) in [6.07, 6.45) is 2.56. The Hall–Kier alpha value is -0.313. The van der Waals surface area contributed by atoms with Crippen molar-refractivity contribution in [2.75, 3.05) is 0 Å². The summed E-state index contributed by atoms with van der Waals surface area (Å²) in [4.78, 5) is 10.4. The van der Waals surface area contributed by atoms with E-state index in [1.165, 1.54) is 10.5 Å². The van der Waals surface area contributed by atoms with Crippen molar-refractivity contribution < 1.29 is 9.22 Å². The van der Waals surface area contributed by atoms with Crippen LogP contribution in [0.5, 0.6) is 0 Å². The molecule has 0 rings (SSSR count). The van der Waals surface area contributed by atoms with Crippen molar-refractivity contribution in [1.29, 1.82) is 0 Å². The van der Waals surface area contributed by atoms with Crippen LogP contribution >= 0.6 is 0 Å². The van der Waals surface area contributed by atoms with Crippen LogP contribution in [0.3, 0.4) is 0 Å². The van der Waals surface area contributed by atoms with Crippen LogP contribution in [0.15, 0.2) is 0 Å². The van der Waals surface area contributed by atoms with E-state index in [9.17, 15) is 4.79 Å². The van der Waals surface area contributed by atoms with E-state index < -0.39 is 0 Å². The Morgan fingerprint density at radius 1 is 1.75 bits per heavy atom. The number of unbranched alkanes of at least 4 members (excludes halogenated alkanes) is 1. The molecule has 1 radical (unpaired) electrons. The molecule has 0 atom stereocenters. The zero-order chi connectivity index (χ0) is 6.41. The summed E-state index contributed by atoms with van der Waals surface area (Å²) in [6.45, 7) is 2.05. The van der Waals surface area contributed by atoms with Gasteiger partial charge in [-0.1, -0.05) is 13.3 Å². The molecule has 0 aliphatic rings. The summed E-state index contributed by atoms with van der Waals surface area (Å²) in [6, 6.07) is 0. The van der Waals surface area contributed by atoms with Gasteiger partial charge in [-0.15, -0.1) is 0 Å². The lowest BCUT2D eigenvalue weighted by atomic mass is 10.3. The molecule has 0 saturated carbocycles. The van der Waals surface area contributed by atoms with Gasteiger partial charge >= 0.3 is 0 Å². The minimum atomic E-state index is -0.0924. The molecule has 0 aliphatic carbocycles. The maximum Gasteiger partial charge on any atom is 0.291 e. The Kier molecular flexibility index (Phi) is 4.65. The quantitative estimate of drug-likeness (QED) is 0.514. The highest BCUT2D eigenvalue weighted by Gasteiger charge is 1.94. The first-order valence-corrected chi connectivity index (χ1v) is 3.33. The molecule has 0 amide bonds. The Labute approximate surface area is 52.8 Å². The second-order valence-corrected chi connectivity index (χ2v) is 1.91. The molecular weight excluding hydrogens is 120 g/mol. The maximum atomic E-state index is 10.4. The molecule has 0 spiro atoms. The van der Waals surface area contributed by atoms with Crippen LogP contribution < -0.4 is 0 Å². The summed E-state index contributed by atoms with van der Waals surface area (Å²) in [5.41, 5.74) is 0. The predicted octanol–water partition coefficient (Wildman–Crippen LogP) is 0.268. The number of rotatable bonds is 3. The predicted molar refractivity (Wildman–Crippen MR) is 34.2 cm³/mol. The van der Waals surface area contributed by atoms with Gasteiger partial charge in [-0.3, -0.25) is 4.79 Å². The van der Waals surface area contributed by atoms with Gasteiger partial charge in [0.15, 0.2) is 0 Å². The van der Waals surface area contributed by atoms with Crippen LogP contribution in [-0.2, 0) is 9.22 Å². The summed E-state index contributed by atoms with van der Waals surface area (Å²) in [5.74, 6) is -0.0924. The molecule has 0 saturated heterocycles. The highest BCUT2D eigenvalue weighted by atomic mass is 28.2. The standard InChI is InChI=1S/C5H11O2Si/c1-2-3-4-5(6)7-8/h2-4,8H2,1H3. The fourth-order valence-corrected chi connectivity index (χ4v) is 0.538. The van der Waals surface area contributed by atoms with E-state index in [2.05, 4.69) is 4.43 Å². The first-order valence-electron chi connectivity index (χ1n) is 2.76. The average molecular weight is 131 g/mol. The molecule has 8 heavy (non-hydrogen) atoms. The van der Waals surface area contributed by atoms with Gasteiger partial charge in [-0.05, 0) is 6.42 Å². The van der Waals surface area contributed by atoms with Gasteiger partial charge < -0.3 is 4.43 Å². The zero-order valence-electron chi connectivity index (χ0n) is 5.14. The summed E-state index contributed by atoms with van der Waals surface area (Å²) >= 11 is 0. The minimum absolute atomic E-state index is 0.0924. The lowest BCUT2D eigenvalue weighted by Gasteiger charge is -1.94. The lowest BCUT2D eigenvalue weighted by molar-refractivity contribution is -0.134. The second kappa shape index (κ2) is 4.84. The Morgan fingerprint density at radius 3 is 2.75 bits per heavy atom. The fourth-order valence-electron chi connectivity index (χ4n) is 0.393. The maximum absolute atomic E-state index is 10.4. The highest BCUT2D eigenvalue weighted by Crippen LogP contribution is 1.93. The molecule has 0 unspecified atom stereocenters. The van der Waals surface area contributed by atoms with Gasteiger partial charge in [0.2, 0.25) is 10.5 Å². The van der Waals surface area contributed by atoms with E-state index >= 15 is 0 Å². The first-order chi connectivity index (χ1) is 3.81. The van der Waals surface area contributed by atoms with Crippen LogP contribution in [0, 0.1) is 0 Å². The molecule has 0 aromatic rings. The highest BCUT2D eigenvalue weighted by molar-refractivity contribution is 6.05. The van der Waals surface area contributed by atoms with E-state index in [4.69, 9.17) is 0 Å². The van der Waals surface area contributed by atoms with Crippen molar-refractivity contribution in [1.82, 2.24) is 0 Å². The normalized spacial score (nSPS) is 8.75. The molecule has 0 N–H and O–H groups in total. The fraction of sp³-hybridized carbons (Fsp3) is 0.800. The number of carbonyl (C=O) groups excluding carboxylic acids is 1.